The second kappa shape index (κ2) is 4.72. The summed E-state index contributed by atoms with van der Waals surface area (Å²) in [5.74, 6) is -1.48. The van der Waals surface area contributed by atoms with Crippen LogP contribution in [0.15, 0.2) is 18.2 Å². The van der Waals surface area contributed by atoms with Gasteiger partial charge < -0.3 is 4.74 Å². The van der Waals surface area contributed by atoms with Crippen LogP contribution in [-0.2, 0) is 0 Å². The molecule has 1 radical (unpaired) electrons. The molecule has 1 rings (SSSR count). The summed E-state index contributed by atoms with van der Waals surface area (Å²) >= 11 is 0. The fourth-order valence-corrected chi connectivity index (χ4v) is 1.01. The molecule has 0 unspecified atom stereocenters. The Morgan fingerprint density at radius 2 is 1.88 bits per heavy atom. The molecule has 0 atom stereocenters. The van der Waals surface area contributed by atoms with Crippen LogP contribution in [0.25, 0.3) is 0 Å². The molecule has 0 N–H and O–H groups in total. The van der Waals surface area contributed by atoms with Crippen molar-refractivity contribution in [3.05, 3.63) is 24.0 Å². The fraction of sp³-hybridized carbons (Fsp3) is 0.333. The Labute approximate surface area is 89.5 Å². The van der Waals surface area contributed by atoms with Gasteiger partial charge in [0.05, 0.1) is 0 Å². The van der Waals surface area contributed by atoms with E-state index in [1.807, 2.05) is 0 Å². The van der Waals surface area contributed by atoms with Gasteiger partial charge in [0, 0.05) is 6.07 Å². The SMILES string of the molecule is C[B]c1cc(F)cc(OC(F)(F)C(F)F)c1. The van der Waals surface area contributed by atoms with Gasteiger partial charge >= 0.3 is 12.5 Å². The van der Waals surface area contributed by atoms with Crippen LogP contribution < -0.4 is 10.2 Å². The molecule has 87 valence electrons. The molecule has 1 nitrogen and oxygen atoms in total. The third-order valence-corrected chi connectivity index (χ3v) is 1.73. The van der Waals surface area contributed by atoms with E-state index in [9.17, 15) is 22.0 Å². The number of rotatable bonds is 4. The molecule has 0 bridgehead atoms. The maximum absolute atomic E-state index is 12.9. The molecule has 0 aliphatic carbocycles. The molecule has 0 fully saturated rings. The summed E-state index contributed by atoms with van der Waals surface area (Å²) in [7, 11) is 1.43. The molecule has 7 heteroatoms. The zero-order chi connectivity index (χ0) is 12.3. The van der Waals surface area contributed by atoms with E-state index in [0.717, 1.165) is 12.1 Å². The largest absolute Gasteiger partial charge is 0.461 e. The van der Waals surface area contributed by atoms with Gasteiger partial charge in [0.1, 0.15) is 18.8 Å². The fourth-order valence-electron chi connectivity index (χ4n) is 1.01. The van der Waals surface area contributed by atoms with Crippen LogP contribution in [-0.4, -0.2) is 19.8 Å². The Morgan fingerprint density at radius 1 is 1.25 bits per heavy atom. The van der Waals surface area contributed by atoms with Gasteiger partial charge in [-0.2, -0.15) is 17.6 Å². The Bertz CT molecular complexity index is 369. The van der Waals surface area contributed by atoms with Gasteiger partial charge in [-0.15, -0.1) is 0 Å². The average Bonchev–Trinajstić information content (AvgIpc) is 2.15. The highest BCUT2D eigenvalue weighted by atomic mass is 19.3. The van der Waals surface area contributed by atoms with Crippen molar-refractivity contribution < 1.29 is 26.7 Å². The van der Waals surface area contributed by atoms with Crippen molar-refractivity contribution in [1.82, 2.24) is 0 Å². The highest BCUT2D eigenvalue weighted by Gasteiger charge is 2.44. The zero-order valence-corrected chi connectivity index (χ0v) is 8.18. The summed E-state index contributed by atoms with van der Waals surface area (Å²) in [6, 6.07) is 2.72. The molecule has 0 aliphatic heterocycles. The molecule has 16 heavy (non-hydrogen) atoms. The van der Waals surface area contributed by atoms with E-state index in [1.165, 1.54) is 7.28 Å². The van der Waals surface area contributed by atoms with E-state index in [4.69, 9.17) is 0 Å². The molecule has 0 saturated heterocycles. The Kier molecular flexibility index (Phi) is 3.77. The lowest BCUT2D eigenvalue weighted by Crippen LogP contribution is -2.33. The van der Waals surface area contributed by atoms with Crippen LogP contribution in [0.1, 0.15) is 0 Å². The Hall–Kier alpha value is -1.27. The van der Waals surface area contributed by atoms with Gasteiger partial charge in [-0.05, 0) is 12.1 Å². The second-order valence-electron chi connectivity index (χ2n) is 2.97. The summed E-state index contributed by atoms with van der Waals surface area (Å²) in [5, 5.41) is 0. The highest BCUT2D eigenvalue weighted by Crippen LogP contribution is 2.27. The van der Waals surface area contributed by atoms with Gasteiger partial charge in [-0.3, -0.25) is 0 Å². The molecule has 0 aliphatic rings. The van der Waals surface area contributed by atoms with Crippen LogP contribution >= 0.6 is 0 Å². The van der Waals surface area contributed by atoms with Crippen LogP contribution in [0.5, 0.6) is 5.75 Å². The van der Waals surface area contributed by atoms with E-state index >= 15 is 0 Å². The normalized spacial score (nSPS) is 11.7. The van der Waals surface area contributed by atoms with Crippen LogP contribution in [0.2, 0.25) is 6.82 Å². The molecular formula is C9H7BF5O. The van der Waals surface area contributed by atoms with E-state index in [2.05, 4.69) is 4.74 Å². The Morgan fingerprint density at radius 3 is 2.38 bits per heavy atom. The maximum atomic E-state index is 12.9. The lowest BCUT2D eigenvalue weighted by molar-refractivity contribution is -0.253. The lowest BCUT2D eigenvalue weighted by Gasteiger charge is -2.17. The highest BCUT2D eigenvalue weighted by molar-refractivity contribution is 6.51. The van der Waals surface area contributed by atoms with Crippen molar-refractivity contribution in [1.29, 1.82) is 0 Å². The van der Waals surface area contributed by atoms with E-state index in [0.29, 0.717) is 6.07 Å². The van der Waals surface area contributed by atoms with Crippen molar-refractivity contribution in [2.24, 2.45) is 0 Å². The molecule has 0 saturated carbocycles. The molecule has 0 aromatic heterocycles. The minimum atomic E-state index is -4.63. The van der Waals surface area contributed by atoms with E-state index < -0.39 is 24.1 Å². The van der Waals surface area contributed by atoms with Crippen molar-refractivity contribution in [2.75, 3.05) is 0 Å². The summed E-state index contributed by atoms with van der Waals surface area (Å²) in [4.78, 5) is 0. The van der Waals surface area contributed by atoms with Crippen molar-refractivity contribution in [2.45, 2.75) is 19.4 Å². The molecule has 1 aromatic rings. The third-order valence-electron chi connectivity index (χ3n) is 1.73. The number of hydrogen-bond acceptors (Lipinski definition) is 1. The standard InChI is InChI=1S/C9H7BF5O/c1-10-5-2-6(11)4-7(3-5)16-9(14,15)8(12)13/h2-4,8H,1H3. The summed E-state index contributed by atoms with van der Waals surface area (Å²) in [6.07, 6.45) is -8.59. The number of halogens is 5. The second-order valence-corrected chi connectivity index (χ2v) is 2.97. The summed E-state index contributed by atoms with van der Waals surface area (Å²) < 4.78 is 65.2. The first-order chi connectivity index (χ1) is 7.35. The topological polar surface area (TPSA) is 9.23 Å². The van der Waals surface area contributed by atoms with Crippen molar-refractivity contribution in [3.63, 3.8) is 0 Å². The average molecular weight is 237 g/mol. The van der Waals surface area contributed by atoms with Crippen LogP contribution in [0.4, 0.5) is 22.0 Å². The third kappa shape index (κ3) is 3.11. The number of benzene rings is 1. The maximum Gasteiger partial charge on any atom is 0.461 e. The molecule has 1 aromatic carbocycles. The predicted molar refractivity (Wildman–Crippen MR) is 49.2 cm³/mol. The predicted octanol–water partition coefficient (Wildman–Crippen LogP) is 2.44. The van der Waals surface area contributed by atoms with Gasteiger partial charge in [0.25, 0.3) is 0 Å². The summed E-state index contributed by atoms with van der Waals surface area (Å²) in [5.41, 5.74) is 0.264. The van der Waals surface area contributed by atoms with Crippen molar-refractivity contribution in [3.8, 4) is 5.75 Å². The smallest absolute Gasteiger partial charge is 0.428 e. The van der Waals surface area contributed by atoms with Gasteiger partial charge in [-0.25, -0.2) is 4.39 Å². The number of hydrogen-bond donors (Lipinski definition) is 0. The minimum absolute atomic E-state index is 0.264. The first-order valence-corrected chi connectivity index (χ1v) is 4.30. The Balaban J connectivity index is 2.93. The first-order valence-electron chi connectivity index (χ1n) is 4.30. The first kappa shape index (κ1) is 12.8. The van der Waals surface area contributed by atoms with Crippen molar-refractivity contribution >= 4 is 12.7 Å². The molecule has 0 amide bonds. The van der Waals surface area contributed by atoms with Gasteiger partial charge in [0.15, 0.2) is 0 Å². The van der Waals surface area contributed by atoms with E-state index in [1.54, 1.807) is 6.82 Å². The molecule has 0 heterocycles. The molecular weight excluding hydrogens is 230 g/mol. The minimum Gasteiger partial charge on any atom is -0.428 e. The van der Waals surface area contributed by atoms with E-state index in [-0.39, 0.29) is 5.46 Å². The monoisotopic (exact) mass is 237 g/mol. The van der Waals surface area contributed by atoms with Crippen LogP contribution in [0, 0.1) is 5.82 Å². The zero-order valence-electron chi connectivity index (χ0n) is 8.18. The van der Waals surface area contributed by atoms with Crippen LogP contribution in [0.3, 0.4) is 0 Å². The summed E-state index contributed by atoms with van der Waals surface area (Å²) in [6.45, 7) is 1.55. The lowest BCUT2D eigenvalue weighted by atomic mass is 9.73. The number of alkyl halides is 4. The van der Waals surface area contributed by atoms with Gasteiger partial charge in [-0.1, -0.05) is 12.3 Å². The molecule has 0 spiro atoms. The van der Waals surface area contributed by atoms with Gasteiger partial charge in [0.2, 0.25) is 0 Å². The number of ether oxygens (including phenoxy) is 1. The quantitative estimate of drug-likeness (QED) is 0.577.